The second-order valence-electron chi connectivity index (χ2n) is 13.4. The highest BCUT2D eigenvalue weighted by Gasteiger charge is 2.46. The second kappa shape index (κ2) is 17.7. The van der Waals surface area contributed by atoms with Crippen LogP contribution >= 0.6 is 0 Å². The first kappa shape index (κ1) is 40.5. The van der Waals surface area contributed by atoms with Crippen molar-refractivity contribution in [3.63, 3.8) is 0 Å². The third-order valence-corrected chi connectivity index (χ3v) is 10.3. The van der Waals surface area contributed by atoms with Crippen molar-refractivity contribution in [3.8, 4) is 29.4 Å². The average Bonchev–Trinajstić information content (AvgIpc) is 3.50. The molecule has 3 saturated heterocycles. The monoisotopic (exact) mass is 744 g/mol. The van der Waals surface area contributed by atoms with Gasteiger partial charge >= 0.3 is 0 Å². The number of fused-ring (bicyclic) bond motifs is 11. The van der Waals surface area contributed by atoms with Gasteiger partial charge in [0.25, 0.3) is 0 Å². The van der Waals surface area contributed by atoms with Crippen molar-refractivity contribution in [3.05, 3.63) is 47.7 Å². The van der Waals surface area contributed by atoms with Gasteiger partial charge in [-0.2, -0.15) is 4.98 Å². The molecule has 6 heterocycles. The summed E-state index contributed by atoms with van der Waals surface area (Å²) in [4.78, 5) is 33.6. The summed E-state index contributed by atoms with van der Waals surface area (Å²) in [7, 11) is 2.02. The summed E-state index contributed by atoms with van der Waals surface area (Å²) in [5, 5.41) is 18.6. The predicted molar refractivity (Wildman–Crippen MR) is 212 cm³/mol. The summed E-state index contributed by atoms with van der Waals surface area (Å²) in [6.45, 7) is 16.2. The van der Waals surface area contributed by atoms with E-state index in [1.165, 1.54) is 24.3 Å². The van der Waals surface area contributed by atoms with E-state index in [1.807, 2.05) is 53.5 Å². The first-order chi connectivity index (χ1) is 26.2. The molecule has 4 aromatic rings. The molecule has 2 aromatic carbocycles. The largest absolute Gasteiger partial charge is 0.508 e. The first-order valence-corrected chi connectivity index (χ1v) is 19.3. The highest BCUT2D eigenvalue weighted by molar-refractivity contribution is 6.03. The topological polar surface area (TPSA) is 119 Å². The third kappa shape index (κ3) is 7.92. The van der Waals surface area contributed by atoms with Crippen molar-refractivity contribution in [1.82, 2.24) is 30.5 Å². The fraction of sp³-hybridized carbons (Fsp3) is 0.512. The van der Waals surface area contributed by atoms with Gasteiger partial charge in [0, 0.05) is 74.9 Å². The molecule has 4 aliphatic rings. The normalized spacial score (nSPS) is 22.5. The van der Waals surface area contributed by atoms with Gasteiger partial charge in [-0.05, 0) is 43.5 Å². The van der Waals surface area contributed by atoms with Crippen LogP contribution in [0.4, 0.5) is 20.5 Å². The molecule has 1 spiro atoms. The van der Waals surface area contributed by atoms with Crippen LogP contribution in [0.5, 0.6) is 5.75 Å². The predicted octanol–water partition coefficient (Wildman–Crippen LogP) is 5.86. The van der Waals surface area contributed by atoms with Crippen molar-refractivity contribution < 1.29 is 23.4 Å². The number of pyridine rings is 1. The minimum absolute atomic E-state index is 0.0221. The van der Waals surface area contributed by atoms with Crippen molar-refractivity contribution in [2.45, 2.75) is 78.4 Å². The minimum Gasteiger partial charge on any atom is -0.508 e. The zero-order valence-electron chi connectivity index (χ0n) is 32.6. The van der Waals surface area contributed by atoms with Crippen LogP contribution in [0.2, 0.25) is 0 Å². The van der Waals surface area contributed by atoms with Crippen LogP contribution in [0, 0.1) is 24.0 Å². The summed E-state index contributed by atoms with van der Waals surface area (Å²) in [5.41, 5.74) is -0.265. The summed E-state index contributed by atoms with van der Waals surface area (Å²) in [5.74, 6) is 1.80. The number of phenols is 1. The number of halogens is 2. The quantitative estimate of drug-likeness (QED) is 0.205. The number of benzene rings is 2. The van der Waals surface area contributed by atoms with Crippen LogP contribution < -0.4 is 20.4 Å². The number of piperazine rings is 2. The van der Waals surface area contributed by atoms with Crippen molar-refractivity contribution in [2.75, 3.05) is 69.3 Å². The number of likely N-dealkylation sites (N-methyl/N-ethyl adjacent to an activating group) is 1. The van der Waals surface area contributed by atoms with Gasteiger partial charge in [0.05, 0.1) is 29.7 Å². The number of hydrogen-bond donors (Lipinski definition) is 3. The molecule has 54 heavy (non-hydrogen) atoms. The van der Waals surface area contributed by atoms with E-state index in [0.717, 1.165) is 12.8 Å². The molecule has 13 heteroatoms. The van der Waals surface area contributed by atoms with Crippen LogP contribution in [0.3, 0.4) is 0 Å². The Bertz CT molecular complexity index is 2010. The number of rotatable bonds is 1. The molecule has 1 unspecified atom stereocenters. The highest BCUT2D eigenvalue weighted by Crippen LogP contribution is 2.40. The molecule has 3 fully saturated rings. The molecule has 11 nitrogen and oxygen atoms in total. The fourth-order valence-electron chi connectivity index (χ4n) is 7.76. The van der Waals surface area contributed by atoms with E-state index in [4.69, 9.17) is 21.1 Å². The number of carbonyl (C=O) groups is 1. The molecule has 3 atom stereocenters. The molecular formula is C41H54F2N8O3. The average molecular weight is 745 g/mol. The molecular weight excluding hydrogens is 690 g/mol. The number of phenolic OH excluding ortho intramolecular Hbond substituents is 1. The molecule has 290 valence electrons. The lowest BCUT2D eigenvalue weighted by Gasteiger charge is -2.43. The Morgan fingerprint density at radius 1 is 1.06 bits per heavy atom. The standard InChI is InChI=1S/C35H36F2N8O3.3C2H6/c1-3-24-27(36)5-4-20-12-23(46)13-25(29(20)24)31-30(37)32-26(15-39-31)33-41-34(40-32)44-10-9-43(2)22(17-44)14-38-28(47)7-11-48-19-35-8-6-21(42-35)16-45(33)18-35;3*1-2/h1,4-5,12-13,15,21-22,42,46H,6-11,14,16-19H2,2H3,(H,38,47);3*1-2H3/t21-,22?,35+;;;/m1.../s1. The zero-order valence-corrected chi connectivity index (χ0v) is 32.6. The van der Waals surface area contributed by atoms with Crippen LogP contribution in [-0.4, -0.2) is 108 Å². The lowest BCUT2D eigenvalue weighted by Crippen LogP contribution is -2.62. The lowest BCUT2D eigenvalue weighted by atomic mass is 9.95. The summed E-state index contributed by atoms with van der Waals surface area (Å²) >= 11 is 0. The maximum Gasteiger partial charge on any atom is 0.228 e. The molecule has 0 aliphatic carbocycles. The zero-order chi connectivity index (χ0) is 39.2. The van der Waals surface area contributed by atoms with E-state index < -0.39 is 11.6 Å². The van der Waals surface area contributed by atoms with Crippen molar-refractivity contribution >= 4 is 39.3 Å². The molecule has 7 bridgehead atoms. The number of aromatic hydroxyl groups is 1. The Morgan fingerprint density at radius 2 is 1.83 bits per heavy atom. The molecule has 0 saturated carbocycles. The van der Waals surface area contributed by atoms with Gasteiger partial charge in [-0.3, -0.25) is 14.7 Å². The van der Waals surface area contributed by atoms with Gasteiger partial charge in [0.1, 0.15) is 28.6 Å². The number of nitrogens with one attached hydrogen (secondary N) is 2. The van der Waals surface area contributed by atoms with Crippen molar-refractivity contribution in [1.29, 1.82) is 0 Å². The number of amides is 1. The molecule has 1 amide bonds. The molecule has 4 aliphatic heterocycles. The number of hydrogen-bond acceptors (Lipinski definition) is 10. The Kier molecular flexibility index (Phi) is 13.3. The number of ether oxygens (including phenoxy) is 1. The molecule has 2 aromatic heterocycles. The van der Waals surface area contributed by atoms with E-state index in [1.54, 1.807) is 6.20 Å². The second-order valence-corrected chi connectivity index (χ2v) is 13.4. The van der Waals surface area contributed by atoms with E-state index in [-0.39, 0.29) is 63.4 Å². The van der Waals surface area contributed by atoms with Gasteiger partial charge < -0.3 is 30.3 Å². The first-order valence-electron chi connectivity index (χ1n) is 19.3. The van der Waals surface area contributed by atoms with Crippen LogP contribution in [-0.2, 0) is 9.53 Å². The van der Waals surface area contributed by atoms with Crippen molar-refractivity contribution in [2.24, 2.45) is 0 Å². The summed E-state index contributed by atoms with van der Waals surface area (Å²) in [6.07, 6.45) is 9.41. The van der Waals surface area contributed by atoms with Gasteiger partial charge in [-0.25, -0.2) is 13.8 Å². The Balaban J connectivity index is 0.000000892. The highest BCUT2D eigenvalue weighted by atomic mass is 19.1. The molecule has 0 radical (unpaired) electrons. The molecule has 3 N–H and O–H groups in total. The summed E-state index contributed by atoms with van der Waals surface area (Å²) < 4.78 is 38.0. The Labute approximate surface area is 317 Å². The third-order valence-electron chi connectivity index (χ3n) is 10.3. The van der Waals surface area contributed by atoms with Crippen LogP contribution in [0.15, 0.2) is 30.5 Å². The van der Waals surface area contributed by atoms with Gasteiger partial charge in [0.2, 0.25) is 11.9 Å². The van der Waals surface area contributed by atoms with E-state index in [9.17, 15) is 14.3 Å². The van der Waals surface area contributed by atoms with E-state index in [2.05, 4.69) is 31.3 Å². The number of anilines is 2. The summed E-state index contributed by atoms with van der Waals surface area (Å²) in [6, 6.07) is 5.69. The number of nitrogens with zero attached hydrogens (tertiary/aromatic N) is 6. The lowest BCUT2D eigenvalue weighted by molar-refractivity contribution is -0.122. The smallest absolute Gasteiger partial charge is 0.228 e. The number of terminal acetylenes is 1. The van der Waals surface area contributed by atoms with Gasteiger partial charge in [-0.1, -0.05) is 53.5 Å². The fourth-order valence-corrected chi connectivity index (χ4v) is 7.76. The maximum absolute atomic E-state index is 17.1. The molecule has 8 rings (SSSR count). The van der Waals surface area contributed by atoms with E-state index in [0.29, 0.717) is 75.0 Å². The Morgan fingerprint density at radius 3 is 2.59 bits per heavy atom. The van der Waals surface area contributed by atoms with Gasteiger partial charge in [-0.15, -0.1) is 6.42 Å². The number of aromatic nitrogens is 3. The van der Waals surface area contributed by atoms with Crippen LogP contribution in [0.1, 0.15) is 66.4 Å². The van der Waals surface area contributed by atoms with Crippen LogP contribution in [0.25, 0.3) is 32.9 Å². The minimum atomic E-state index is -0.722. The maximum atomic E-state index is 17.1. The SMILES string of the molecule is C#Cc1c(F)ccc2cc(O)cc(-c3ncc4c5nc(nc4c3F)N3CCN(C)C(CNC(=O)CCOC[C@]46CC[C@H](CN5C4)N6)C3)c12.CC.CC.CC. The number of carbonyl (C=O) groups excluding carboxylic acids is 1. The Hall–Kier alpha value is -4.64. The van der Waals surface area contributed by atoms with E-state index >= 15 is 4.39 Å². The van der Waals surface area contributed by atoms with Gasteiger partial charge in [0.15, 0.2) is 5.82 Å².